The quantitative estimate of drug-likeness (QED) is 0.165. The van der Waals surface area contributed by atoms with Crippen LogP contribution < -0.4 is 5.73 Å². The number of hydrogen-bond acceptors (Lipinski definition) is 7. The monoisotopic (exact) mass is 502 g/mol. The van der Waals surface area contributed by atoms with E-state index in [0.29, 0.717) is 36.4 Å². The van der Waals surface area contributed by atoms with Crippen molar-refractivity contribution in [2.24, 2.45) is 0 Å². The maximum Gasteiger partial charge on any atom is 0.353 e. The molecule has 2 unspecified atom stereocenters. The average Bonchev–Trinajstić information content (AvgIpc) is 3.26. The molecular formula is C24H44N5O4P. The van der Waals surface area contributed by atoms with E-state index in [9.17, 15) is 9.46 Å². The molecule has 0 aliphatic heterocycles. The van der Waals surface area contributed by atoms with Crippen molar-refractivity contribution in [3.63, 3.8) is 0 Å². The Balaban J connectivity index is 1.44. The van der Waals surface area contributed by atoms with Crippen molar-refractivity contribution in [2.75, 3.05) is 18.7 Å². The molecule has 2 aromatic heterocycles. The molecule has 0 amide bonds. The third-order valence-corrected chi connectivity index (χ3v) is 6.71. The van der Waals surface area contributed by atoms with E-state index in [0.717, 1.165) is 57.8 Å². The zero-order valence-electron chi connectivity index (χ0n) is 25.3. The zero-order chi connectivity index (χ0) is 28.9. The van der Waals surface area contributed by atoms with Crippen molar-refractivity contribution >= 4 is 24.6 Å². The fourth-order valence-corrected chi connectivity index (χ4v) is 4.67. The lowest BCUT2D eigenvalue weighted by molar-refractivity contribution is 0.0715. The van der Waals surface area contributed by atoms with Gasteiger partial charge in [0.05, 0.1) is 25.6 Å². The molecule has 2 atom stereocenters. The minimum Gasteiger partial charge on any atom is -0.382 e. The summed E-state index contributed by atoms with van der Waals surface area (Å²) in [5.41, 5.74) is 6.87. The Bertz CT molecular complexity index is 1040. The number of imidazole rings is 1. The van der Waals surface area contributed by atoms with Crippen LogP contribution in [-0.2, 0) is 20.4 Å². The summed E-state index contributed by atoms with van der Waals surface area (Å²) >= 11 is 0. The lowest BCUT2D eigenvalue weighted by Gasteiger charge is -2.17. The molecule has 0 aliphatic rings. The van der Waals surface area contributed by atoms with Gasteiger partial charge < -0.3 is 24.5 Å². The number of nitrogens with zero attached hydrogens (tertiary/aromatic N) is 4. The predicted molar refractivity (Wildman–Crippen MR) is 137 cm³/mol. The van der Waals surface area contributed by atoms with Gasteiger partial charge in [-0.05, 0) is 13.3 Å². The van der Waals surface area contributed by atoms with E-state index in [4.69, 9.17) is 21.8 Å². The number of fused-ring (bicyclic) bond motifs is 1. The van der Waals surface area contributed by atoms with Gasteiger partial charge in [-0.3, -0.25) is 4.57 Å². The number of nitrogen functional groups attached to an aromatic ring is 1. The molecule has 0 aliphatic carbocycles. The summed E-state index contributed by atoms with van der Waals surface area (Å²) in [7, 11) is -3.83. The number of hydrogen-bond donors (Lipinski definition) is 2. The van der Waals surface area contributed by atoms with Crippen LogP contribution in [0, 0.1) is 0 Å². The molecule has 10 heteroatoms. The zero-order valence-corrected chi connectivity index (χ0v) is 21.2. The molecule has 0 aromatic carbocycles. The topological polar surface area (TPSA) is 125 Å². The van der Waals surface area contributed by atoms with Crippen molar-refractivity contribution in [3.8, 4) is 0 Å². The Kier molecular flexibility index (Phi) is 10.3. The normalized spacial score (nSPS) is 17.4. The van der Waals surface area contributed by atoms with E-state index >= 15 is 0 Å². The molecule has 3 N–H and O–H groups in total. The third-order valence-electron chi connectivity index (χ3n) is 5.64. The van der Waals surface area contributed by atoms with Crippen LogP contribution in [0.1, 0.15) is 104 Å². The van der Waals surface area contributed by atoms with Crippen molar-refractivity contribution < 1.29 is 25.6 Å². The van der Waals surface area contributed by atoms with E-state index in [1.54, 1.807) is 17.8 Å². The number of rotatable bonds is 20. The molecule has 2 heterocycles. The molecular weight excluding hydrogens is 453 g/mol. The first kappa shape index (κ1) is 21.7. The highest BCUT2D eigenvalue weighted by molar-refractivity contribution is 7.52. The number of nitrogens with two attached hydrogens (primary N) is 1. The highest BCUT2D eigenvalue weighted by Gasteiger charge is 2.21. The summed E-state index contributed by atoms with van der Waals surface area (Å²) in [6.07, 6.45) is 10.9. The van der Waals surface area contributed by atoms with Crippen LogP contribution in [0.3, 0.4) is 0 Å². The Morgan fingerprint density at radius 1 is 1.06 bits per heavy atom. The standard InChI is InChI=1S/C24H44N5O4P/c1-3-4-5-6-7-8-9-10-11-12-13-14-15-16-33-34(30,31)20-32-21(2)17-29-19-28-22-23(25)26-18-27-24(22)29/h18-19,21H,3-17,20H2,1-2H3,(H,30,31)(H2,25,26,27)/i1D3,3D2. The van der Waals surface area contributed by atoms with Gasteiger partial charge >= 0.3 is 7.60 Å². The molecule has 0 spiro atoms. The molecule has 9 nitrogen and oxygen atoms in total. The third kappa shape index (κ3) is 11.3. The van der Waals surface area contributed by atoms with Gasteiger partial charge in [-0.1, -0.05) is 83.9 Å². The highest BCUT2D eigenvalue weighted by Crippen LogP contribution is 2.42. The second kappa shape index (κ2) is 16.2. The summed E-state index contributed by atoms with van der Waals surface area (Å²) in [6.45, 7) is -0.151. The molecule has 0 saturated heterocycles. The largest absolute Gasteiger partial charge is 0.382 e. The Labute approximate surface area is 211 Å². The second-order valence-corrected chi connectivity index (χ2v) is 10.5. The number of ether oxygens (including phenoxy) is 1. The van der Waals surface area contributed by atoms with Gasteiger partial charge in [0.25, 0.3) is 0 Å². The van der Waals surface area contributed by atoms with Gasteiger partial charge in [0.15, 0.2) is 11.5 Å². The smallest absolute Gasteiger partial charge is 0.353 e. The minimum atomic E-state index is -3.83. The van der Waals surface area contributed by atoms with E-state index in [-0.39, 0.29) is 25.5 Å². The van der Waals surface area contributed by atoms with Gasteiger partial charge in [0.1, 0.15) is 18.2 Å². The van der Waals surface area contributed by atoms with Crippen LogP contribution in [0.15, 0.2) is 12.7 Å². The fraction of sp³-hybridized carbons (Fsp3) is 0.792. The lowest BCUT2D eigenvalue weighted by atomic mass is 10.0. The number of unbranched alkanes of at least 4 members (excludes halogenated alkanes) is 10. The summed E-state index contributed by atoms with van der Waals surface area (Å²) in [6, 6.07) is 0. The molecule has 34 heavy (non-hydrogen) atoms. The first-order chi connectivity index (χ1) is 18.3. The fourth-order valence-electron chi connectivity index (χ4n) is 3.73. The van der Waals surface area contributed by atoms with Gasteiger partial charge in [-0.25, -0.2) is 15.0 Å². The van der Waals surface area contributed by atoms with Crippen LogP contribution in [-0.4, -0.2) is 43.5 Å². The van der Waals surface area contributed by atoms with Crippen molar-refractivity contribution in [3.05, 3.63) is 12.7 Å². The predicted octanol–water partition coefficient (Wildman–Crippen LogP) is 6.06. The maximum atomic E-state index is 12.3. The Morgan fingerprint density at radius 2 is 1.68 bits per heavy atom. The molecule has 0 fully saturated rings. The second-order valence-electron chi connectivity index (χ2n) is 8.72. The number of anilines is 1. The maximum absolute atomic E-state index is 12.3. The van der Waals surface area contributed by atoms with Crippen LogP contribution in [0.2, 0.25) is 0 Å². The molecule has 194 valence electrons. The van der Waals surface area contributed by atoms with Gasteiger partial charge in [-0.15, -0.1) is 0 Å². The van der Waals surface area contributed by atoms with Crippen LogP contribution >= 0.6 is 7.60 Å². The Hall–Kier alpha value is -1.54. The lowest BCUT2D eigenvalue weighted by Crippen LogP contribution is -2.17. The molecule has 2 aromatic rings. The average molecular weight is 503 g/mol. The summed E-state index contributed by atoms with van der Waals surface area (Å²) in [5.74, 6) is 0.294. The van der Waals surface area contributed by atoms with Crippen molar-refractivity contribution in [2.45, 2.75) is 110 Å². The van der Waals surface area contributed by atoms with Crippen molar-refractivity contribution in [1.29, 1.82) is 0 Å². The van der Waals surface area contributed by atoms with E-state index < -0.39 is 20.8 Å². The summed E-state index contributed by atoms with van der Waals surface area (Å²) in [4.78, 5) is 22.3. The van der Waals surface area contributed by atoms with Gasteiger partial charge in [0.2, 0.25) is 0 Å². The molecule has 0 saturated carbocycles. The molecule has 2 rings (SSSR count). The molecule has 0 bridgehead atoms. The Morgan fingerprint density at radius 3 is 2.32 bits per heavy atom. The molecule has 0 radical (unpaired) electrons. The van der Waals surface area contributed by atoms with Crippen LogP contribution in [0.4, 0.5) is 5.82 Å². The first-order valence-electron chi connectivity index (χ1n) is 14.8. The van der Waals surface area contributed by atoms with E-state index in [2.05, 4.69) is 15.0 Å². The SMILES string of the molecule is [2H]C([2H])([2H])C([2H])([2H])CCCCCCCCCCCCCOP(=O)(O)COC(C)Cn1cnc2c(N)ncnc21. The van der Waals surface area contributed by atoms with Gasteiger partial charge in [0, 0.05) is 6.85 Å². The van der Waals surface area contributed by atoms with Gasteiger partial charge in [-0.2, -0.15) is 0 Å². The van der Waals surface area contributed by atoms with E-state index in [1.165, 1.54) is 6.33 Å². The van der Waals surface area contributed by atoms with Crippen molar-refractivity contribution in [1.82, 2.24) is 19.5 Å². The summed E-state index contributed by atoms with van der Waals surface area (Å²) in [5, 5.41) is 0. The van der Waals surface area contributed by atoms with Crippen LogP contribution in [0.25, 0.3) is 11.2 Å². The summed E-state index contributed by atoms with van der Waals surface area (Å²) < 4.78 is 61.7. The van der Waals surface area contributed by atoms with Crippen LogP contribution in [0.5, 0.6) is 0 Å². The first-order valence-corrected chi connectivity index (χ1v) is 14.1. The highest BCUT2D eigenvalue weighted by atomic mass is 31.2. The minimum absolute atomic E-state index is 0.0848. The number of aromatic nitrogens is 4. The van der Waals surface area contributed by atoms with E-state index in [1.807, 2.05) is 0 Å².